The lowest BCUT2D eigenvalue weighted by molar-refractivity contribution is 0.370. The predicted octanol–water partition coefficient (Wildman–Crippen LogP) is 4.36. The van der Waals surface area contributed by atoms with Gasteiger partial charge in [-0.2, -0.15) is 0 Å². The lowest BCUT2D eigenvalue weighted by atomic mass is 10.1. The molecule has 2 nitrogen and oxygen atoms in total. The Morgan fingerprint density at radius 3 is 2.87 bits per heavy atom. The van der Waals surface area contributed by atoms with E-state index < -0.39 is 0 Å². The summed E-state index contributed by atoms with van der Waals surface area (Å²) in [6.07, 6.45) is 0.944. The summed E-state index contributed by atoms with van der Waals surface area (Å²) in [6.45, 7) is 4.34. The summed E-state index contributed by atoms with van der Waals surface area (Å²) >= 11 is 5.10. The van der Waals surface area contributed by atoms with Crippen molar-refractivity contribution in [3.8, 4) is 10.6 Å². The van der Waals surface area contributed by atoms with Gasteiger partial charge in [0.05, 0.1) is 8.66 Å². The number of aromatic nitrogens is 1. The second-order valence-electron chi connectivity index (χ2n) is 3.88. The zero-order valence-corrected chi connectivity index (χ0v) is 11.1. The van der Waals surface area contributed by atoms with Gasteiger partial charge in [-0.3, -0.25) is 0 Å². The smallest absolute Gasteiger partial charge is 0.137 e. The van der Waals surface area contributed by atoms with E-state index in [1.54, 1.807) is 11.3 Å². The lowest BCUT2D eigenvalue weighted by Crippen LogP contribution is -1.90. The molecule has 15 heavy (non-hydrogen) atoms. The van der Waals surface area contributed by atoms with Crippen molar-refractivity contribution in [1.82, 2.24) is 5.16 Å². The summed E-state index contributed by atoms with van der Waals surface area (Å²) in [5.74, 6) is 1.56. The third-order valence-electron chi connectivity index (χ3n) is 1.99. The maximum absolute atomic E-state index is 5.28. The van der Waals surface area contributed by atoms with E-state index in [9.17, 15) is 0 Å². The van der Waals surface area contributed by atoms with Gasteiger partial charge in [0, 0.05) is 12.5 Å². The molecule has 4 heteroatoms. The fourth-order valence-electron chi connectivity index (χ4n) is 1.38. The van der Waals surface area contributed by atoms with Gasteiger partial charge >= 0.3 is 0 Å². The molecule has 0 fully saturated rings. The van der Waals surface area contributed by atoms with E-state index in [1.165, 1.54) is 0 Å². The minimum atomic E-state index is 0.598. The highest BCUT2D eigenvalue weighted by atomic mass is 79.9. The minimum Gasteiger partial charge on any atom is -0.361 e. The van der Waals surface area contributed by atoms with Gasteiger partial charge in [-0.15, -0.1) is 11.3 Å². The maximum atomic E-state index is 5.28. The van der Waals surface area contributed by atoms with Crippen LogP contribution >= 0.6 is 27.3 Å². The van der Waals surface area contributed by atoms with Crippen LogP contribution in [0.1, 0.15) is 19.6 Å². The largest absolute Gasteiger partial charge is 0.361 e. The third kappa shape index (κ3) is 2.69. The Hall–Kier alpha value is -0.610. The van der Waals surface area contributed by atoms with Crippen LogP contribution < -0.4 is 0 Å². The average Bonchev–Trinajstić information content (AvgIpc) is 2.72. The highest BCUT2D eigenvalue weighted by molar-refractivity contribution is 9.11. The molecule has 2 aromatic heterocycles. The Labute approximate surface area is 101 Å². The van der Waals surface area contributed by atoms with Crippen molar-refractivity contribution in [3.63, 3.8) is 0 Å². The molecular formula is C11H12BrNOS. The topological polar surface area (TPSA) is 26.0 Å². The van der Waals surface area contributed by atoms with Gasteiger partial charge in [0.1, 0.15) is 11.5 Å². The summed E-state index contributed by atoms with van der Waals surface area (Å²) in [6, 6.07) is 6.10. The van der Waals surface area contributed by atoms with E-state index in [-0.39, 0.29) is 0 Å². The van der Waals surface area contributed by atoms with Crippen LogP contribution in [0.4, 0.5) is 0 Å². The predicted molar refractivity (Wildman–Crippen MR) is 66.1 cm³/mol. The van der Waals surface area contributed by atoms with Crippen molar-refractivity contribution >= 4 is 27.3 Å². The Balaban J connectivity index is 2.20. The van der Waals surface area contributed by atoms with E-state index in [4.69, 9.17) is 4.52 Å². The number of rotatable bonds is 3. The first kappa shape index (κ1) is 10.9. The second kappa shape index (κ2) is 4.49. The van der Waals surface area contributed by atoms with Gasteiger partial charge in [-0.25, -0.2) is 0 Å². The monoisotopic (exact) mass is 285 g/mol. The highest BCUT2D eigenvalue weighted by Crippen LogP contribution is 2.31. The van der Waals surface area contributed by atoms with Gasteiger partial charge in [0.2, 0.25) is 0 Å². The number of nitrogens with zero attached hydrogens (tertiary/aromatic N) is 1. The van der Waals surface area contributed by atoms with Crippen molar-refractivity contribution in [2.45, 2.75) is 20.3 Å². The van der Waals surface area contributed by atoms with Gasteiger partial charge in [0.25, 0.3) is 0 Å². The quantitative estimate of drug-likeness (QED) is 0.837. The molecule has 0 radical (unpaired) electrons. The van der Waals surface area contributed by atoms with Crippen LogP contribution in [0.5, 0.6) is 0 Å². The highest BCUT2D eigenvalue weighted by Gasteiger charge is 2.09. The van der Waals surface area contributed by atoms with Crippen LogP contribution in [0.25, 0.3) is 10.6 Å². The standard InChI is InChI=1S/C11H12BrNOS/c1-7(2)5-8-6-9(13-14-8)10-3-4-11(12)15-10/h3-4,6-7H,5H2,1-2H3. The van der Waals surface area contributed by atoms with E-state index >= 15 is 0 Å². The number of thiophene rings is 1. The number of halogens is 1. The molecule has 0 aromatic carbocycles. The molecule has 80 valence electrons. The van der Waals surface area contributed by atoms with Crippen LogP contribution in [0, 0.1) is 5.92 Å². The van der Waals surface area contributed by atoms with Crippen LogP contribution in [0.3, 0.4) is 0 Å². The molecule has 0 N–H and O–H groups in total. The molecule has 0 aliphatic carbocycles. The van der Waals surface area contributed by atoms with Crippen LogP contribution in [-0.2, 0) is 6.42 Å². The molecular weight excluding hydrogens is 274 g/mol. The molecule has 0 amide bonds. The summed E-state index contributed by atoms with van der Waals surface area (Å²) in [5.41, 5.74) is 0.932. The first-order valence-corrected chi connectivity index (χ1v) is 6.47. The Morgan fingerprint density at radius 1 is 1.47 bits per heavy atom. The Morgan fingerprint density at radius 2 is 2.27 bits per heavy atom. The average molecular weight is 286 g/mol. The summed E-state index contributed by atoms with van der Waals surface area (Å²) < 4.78 is 6.40. The van der Waals surface area contributed by atoms with Crippen molar-refractivity contribution in [1.29, 1.82) is 0 Å². The zero-order chi connectivity index (χ0) is 10.8. The molecule has 0 aliphatic rings. The SMILES string of the molecule is CC(C)Cc1cc(-c2ccc(Br)s2)no1. The maximum Gasteiger partial charge on any atom is 0.137 e. The van der Waals surface area contributed by atoms with Crippen LogP contribution in [0.15, 0.2) is 26.5 Å². The molecule has 2 rings (SSSR count). The summed E-state index contributed by atoms with van der Waals surface area (Å²) in [7, 11) is 0. The van der Waals surface area contributed by atoms with Crippen molar-refractivity contribution < 1.29 is 4.52 Å². The minimum absolute atomic E-state index is 0.598. The molecule has 2 heterocycles. The van der Waals surface area contributed by atoms with E-state index in [0.717, 1.165) is 26.5 Å². The molecule has 0 bridgehead atoms. The summed E-state index contributed by atoms with van der Waals surface area (Å²) in [4.78, 5) is 1.14. The molecule has 0 atom stereocenters. The molecule has 0 spiro atoms. The third-order valence-corrected chi connectivity index (χ3v) is 3.64. The lowest BCUT2D eigenvalue weighted by Gasteiger charge is -1.96. The fourth-order valence-corrected chi connectivity index (χ4v) is 2.72. The van der Waals surface area contributed by atoms with Crippen molar-refractivity contribution in [3.05, 3.63) is 27.7 Å². The number of hydrogen-bond acceptors (Lipinski definition) is 3. The van der Waals surface area contributed by atoms with Crippen LogP contribution in [-0.4, -0.2) is 5.16 Å². The normalized spacial score (nSPS) is 11.2. The fraction of sp³-hybridized carbons (Fsp3) is 0.364. The van der Waals surface area contributed by atoms with Crippen molar-refractivity contribution in [2.75, 3.05) is 0 Å². The first-order valence-electron chi connectivity index (χ1n) is 4.86. The van der Waals surface area contributed by atoms with Gasteiger partial charge in [-0.1, -0.05) is 19.0 Å². The molecule has 0 aliphatic heterocycles. The van der Waals surface area contributed by atoms with E-state index in [1.807, 2.05) is 18.2 Å². The van der Waals surface area contributed by atoms with Gasteiger partial charge in [0.15, 0.2) is 0 Å². The molecule has 0 saturated heterocycles. The van der Waals surface area contributed by atoms with Crippen molar-refractivity contribution in [2.24, 2.45) is 5.92 Å². The Kier molecular flexibility index (Phi) is 3.26. The molecule has 2 aromatic rings. The first-order chi connectivity index (χ1) is 7.15. The van der Waals surface area contributed by atoms with Gasteiger partial charge in [-0.05, 0) is 34.0 Å². The van der Waals surface area contributed by atoms with Crippen LogP contribution in [0.2, 0.25) is 0 Å². The van der Waals surface area contributed by atoms with E-state index in [0.29, 0.717) is 5.92 Å². The molecule has 0 saturated carbocycles. The zero-order valence-electron chi connectivity index (χ0n) is 8.66. The van der Waals surface area contributed by atoms with Gasteiger partial charge < -0.3 is 4.52 Å². The van der Waals surface area contributed by atoms with E-state index in [2.05, 4.69) is 34.9 Å². The Bertz CT molecular complexity index is 447. The number of hydrogen-bond donors (Lipinski definition) is 0. The second-order valence-corrected chi connectivity index (χ2v) is 6.34. The molecule has 0 unspecified atom stereocenters. The summed E-state index contributed by atoms with van der Waals surface area (Å²) in [5, 5.41) is 4.07.